The predicted octanol–water partition coefficient (Wildman–Crippen LogP) is 3.03. The second-order valence-corrected chi connectivity index (χ2v) is 7.72. The molecular weight excluding hydrogens is 390 g/mol. The Balaban J connectivity index is 1.55. The Hall–Kier alpha value is -2.88. The van der Waals surface area contributed by atoms with Gasteiger partial charge in [0.15, 0.2) is 6.30 Å². The summed E-state index contributed by atoms with van der Waals surface area (Å²) in [6.45, 7) is 0.572. The average Bonchev–Trinajstić information content (AvgIpc) is 3.36. The quantitative estimate of drug-likeness (QED) is 0.541. The highest BCUT2D eigenvalue weighted by Crippen LogP contribution is 2.38. The van der Waals surface area contributed by atoms with Crippen LogP contribution >= 0.6 is 0 Å². The molecule has 156 valence electrons. The fraction of sp³-hybridized carbons (Fsp3) is 0.333. The fourth-order valence-corrected chi connectivity index (χ4v) is 3.61. The Morgan fingerprint density at radius 2 is 2.03 bits per heavy atom. The molecule has 0 bridgehead atoms. The van der Waals surface area contributed by atoms with E-state index in [0.717, 1.165) is 29.7 Å². The smallest absolute Gasteiger partial charge is 0.185 e. The number of hydrazine groups is 2. The summed E-state index contributed by atoms with van der Waals surface area (Å²) >= 11 is 0. The van der Waals surface area contributed by atoms with Crippen molar-refractivity contribution in [2.45, 2.75) is 25.2 Å². The van der Waals surface area contributed by atoms with Gasteiger partial charge in [0.25, 0.3) is 0 Å². The Morgan fingerprint density at radius 3 is 2.80 bits per heavy atom. The fourth-order valence-electron chi connectivity index (χ4n) is 3.61. The molecule has 2 aliphatic rings. The number of aromatic nitrogens is 3. The van der Waals surface area contributed by atoms with Crippen LogP contribution in [-0.4, -0.2) is 27.4 Å². The molecule has 1 aromatic carbocycles. The minimum absolute atomic E-state index is 0.352. The van der Waals surface area contributed by atoms with Gasteiger partial charge in [0.05, 0.1) is 30.4 Å². The third kappa shape index (κ3) is 3.67. The molecule has 2 atom stereocenters. The van der Waals surface area contributed by atoms with Crippen LogP contribution in [0, 0.1) is 11.7 Å². The van der Waals surface area contributed by atoms with E-state index < -0.39 is 12.3 Å². The summed E-state index contributed by atoms with van der Waals surface area (Å²) < 4.78 is 35.8. The largest absolute Gasteiger partial charge is 0.492 e. The van der Waals surface area contributed by atoms with E-state index in [0.29, 0.717) is 29.7 Å². The SMILES string of the molecule is Cn1cnc(-c2cc(C3NNNC3F)ccn2)c1-c1ccc(F)cc1OCC1CC1. The summed E-state index contributed by atoms with van der Waals surface area (Å²) in [6.07, 6.45) is 4.33. The number of nitrogens with zero attached hydrogens (tertiary/aromatic N) is 3. The zero-order valence-electron chi connectivity index (χ0n) is 16.4. The lowest BCUT2D eigenvalue weighted by atomic mass is 10.0. The Morgan fingerprint density at radius 1 is 1.17 bits per heavy atom. The van der Waals surface area contributed by atoms with Gasteiger partial charge in [0.1, 0.15) is 17.3 Å². The van der Waals surface area contributed by atoms with Crippen molar-refractivity contribution in [3.05, 3.63) is 54.2 Å². The van der Waals surface area contributed by atoms with E-state index in [1.165, 1.54) is 12.1 Å². The molecule has 3 N–H and O–H groups in total. The summed E-state index contributed by atoms with van der Waals surface area (Å²) in [7, 11) is 1.87. The molecule has 1 saturated heterocycles. The van der Waals surface area contributed by atoms with Gasteiger partial charge >= 0.3 is 0 Å². The molecule has 0 amide bonds. The standard InChI is InChI=1S/C21H22F2N6O/c1-29-11-25-19(16-8-13(6-7-24-16)18-21(23)27-28-26-18)20(29)15-5-4-14(22)9-17(15)30-10-12-2-3-12/h4-9,11-12,18,21,26-28H,2-3,10H2,1H3. The number of hydrogen-bond donors (Lipinski definition) is 3. The van der Waals surface area contributed by atoms with Gasteiger partial charge in [0.2, 0.25) is 0 Å². The summed E-state index contributed by atoms with van der Waals surface area (Å²) in [5.74, 6) is 0.674. The van der Waals surface area contributed by atoms with E-state index in [1.807, 2.05) is 11.6 Å². The van der Waals surface area contributed by atoms with Crippen LogP contribution in [0.5, 0.6) is 5.75 Å². The van der Waals surface area contributed by atoms with Crippen molar-refractivity contribution >= 4 is 0 Å². The maximum atomic E-state index is 14.1. The number of rotatable bonds is 6. The minimum atomic E-state index is -1.28. The van der Waals surface area contributed by atoms with Crippen molar-refractivity contribution in [2.24, 2.45) is 13.0 Å². The van der Waals surface area contributed by atoms with E-state index in [9.17, 15) is 8.78 Å². The minimum Gasteiger partial charge on any atom is -0.492 e. The van der Waals surface area contributed by atoms with Gasteiger partial charge in [0, 0.05) is 24.9 Å². The second-order valence-electron chi connectivity index (χ2n) is 7.72. The average molecular weight is 412 g/mol. The normalized spacial score (nSPS) is 21.2. The second kappa shape index (κ2) is 7.75. The van der Waals surface area contributed by atoms with Crippen LogP contribution < -0.4 is 21.1 Å². The Labute approximate surface area is 172 Å². The van der Waals surface area contributed by atoms with E-state index in [1.54, 1.807) is 30.7 Å². The monoisotopic (exact) mass is 412 g/mol. The molecule has 2 fully saturated rings. The number of nitrogens with one attached hydrogen (secondary N) is 3. The van der Waals surface area contributed by atoms with Crippen LogP contribution in [0.2, 0.25) is 0 Å². The van der Waals surface area contributed by atoms with Gasteiger partial charge in [-0.15, -0.1) is 0 Å². The van der Waals surface area contributed by atoms with Crippen molar-refractivity contribution in [2.75, 3.05) is 6.61 Å². The molecule has 1 aliphatic carbocycles. The van der Waals surface area contributed by atoms with Gasteiger partial charge in [-0.2, -0.15) is 5.53 Å². The highest BCUT2D eigenvalue weighted by molar-refractivity contribution is 5.80. The van der Waals surface area contributed by atoms with E-state index in [4.69, 9.17) is 4.74 Å². The van der Waals surface area contributed by atoms with Gasteiger partial charge in [-0.3, -0.25) is 4.98 Å². The zero-order chi connectivity index (χ0) is 20.7. The number of benzene rings is 1. The molecule has 0 radical (unpaired) electrons. The topological polar surface area (TPSA) is 76.0 Å². The zero-order valence-corrected chi connectivity index (χ0v) is 16.4. The molecule has 7 nitrogen and oxygen atoms in total. The third-order valence-corrected chi connectivity index (χ3v) is 5.42. The van der Waals surface area contributed by atoms with Crippen molar-refractivity contribution in [3.8, 4) is 28.4 Å². The number of halogens is 2. The summed E-state index contributed by atoms with van der Waals surface area (Å²) in [4.78, 5) is 8.98. The van der Waals surface area contributed by atoms with Crippen molar-refractivity contribution < 1.29 is 13.5 Å². The number of aryl methyl sites for hydroxylation is 1. The molecule has 2 unspecified atom stereocenters. The first kappa shape index (κ1) is 19.1. The van der Waals surface area contributed by atoms with Crippen LogP contribution in [-0.2, 0) is 7.05 Å². The third-order valence-electron chi connectivity index (χ3n) is 5.42. The molecule has 1 aliphatic heterocycles. The lowest BCUT2D eigenvalue weighted by Crippen LogP contribution is -2.31. The first-order valence-corrected chi connectivity index (χ1v) is 9.90. The summed E-state index contributed by atoms with van der Waals surface area (Å²) in [6, 6.07) is 7.53. The first-order valence-electron chi connectivity index (χ1n) is 9.90. The van der Waals surface area contributed by atoms with Crippen molar-refractivity contribution in [1.82, 2.24) is 30.9 Å². The molecule has 3 heterocycles. The number of pyridine rings is 1. The van der Waals surface area contributed by atoms with Crippen molar-refractivity contribution in [3.63, 3.8) is 0 Å². The molecule has 0 spiro atoms. The maximum Gasteiger partial charge on any atom is 0.185 e. The lowest BCUT2D eigenvalue weighted by molar-refractivity contribution is 0.272. The van der Waals surface area contributed by atoms with Crippen LogP contribution in [0.25, 0.3) is 22.6 Å². The number of ether oxygens (including phenoxy) is 1. The van der Waals surface area contributed by atoms with E-state index in [2.05, 4.69) is 26.4 Å². The van der Waals surface area contributed by atoms with Crippen molar-refractivity contribution in [1.29, 1.82) is 0 Å². The molecule has 2 aromatic heterocycles. The van der Waals surface area contributed by atoms with Crippen LogP contribution in [0.4, 0.5) is 8.78 Å². The molecule has 30 heavy (non-hydrogen) atoms. The molecule has 3 aromatic rings. The number of imidazole rings is 1. The molecule has 1 saturated carbocycles. The molecule has 9 heteroatoms. The Kier molecular flexibility index (Phi) is 4.93. The van der Waals surface area contributed by atoms with E-state index in [-0.39, 0.29) is 5.82 Å². The van der Waals surface area contributed by atoms with Gasteiger partial charge < -0.3 is 9.30 Å². The molecular formula is C21H22F2N6O. The number of alkyl halides is 1. The van der Waals surface area contributed by atoms with Gasteiger partial charge in [-0.1, -0.05) is 0 Å². The van der Waals surface area contributed by atoms with Gasteiger partial charge in [-0.05, 0) is 48.6 Å². The predicted molar refractivity (Wildman–Crippen MR) is 107 cm³/mol. The first-order chi connectivity index (χ1) is 14.6. The highest BCUT2D eigenvalue weighted by atomic mass is 19.1. The summed E-state index contributed by atoms with van der Waals surface area (Å²) in [5.41, 5.74) is 11.4. The Bertz CT molecular complexity index is 1070. The maximum absolute atomic E-state index is 14.1. The highest BCUT2D eigenvalue weighted by Gasteiger charge is 2.29. The number of hydrogen-bond acceptors (Lipinski definition) is 6. The summed E-state index contributed by atoms with van der Waals surface area (Å²) in [5, 5.41) is 0. The van der Waals surface area contributed by atoms with Crippen LogP contribution in [0.1, 0.15) is 24.4 Å². The van der Waals surface area contributed by atoms with Crippen LogP contribution in [0.3, 0.4) is 0 Å². The van der Waals surface area contributed by atoms with Gasteiger partial charge in [-0.25, -0.2) is 24.6 Å². The lowest BCUT2D eigenvalue weighted by Gasteiger charge is -2.15. The van der Waals surface area contributed by atoms with E-state index >= 15 is 0 Å². The molecule has 5 rings (SSSR count). The van der Waals surface area contributed by atoms with Crippen LogP contribution in [0.15, 0.2) is 42.9 Å².